The van der Waals surface area contributed by atoms with Gasteiger partial charge in [-0.25, -0.2) is 5.48 Å². The Morgan fingerprint density at radius 1 is 0.955 bits per heavy atom. The molecule has 0 aromatic heterocycles. The summed E-state index contributed by atoms with van der Waals surface area (Å²) in [5, 5.41) is 2.60. The van der Waals surface area contributed by atoms with Gasteiger partial charge in [-0.15, -0.1) is 0 Å². The minimum Gasteiger partial charge on any atom is -0.317 e. The van der Waals surface area contributed by atoms with E-state index < -0.39 is 5.91 Å². The molecule has 0 aliphatic heterocycles. The zero-order valence-electron chi connectivity index (χ0n) is 12.1. The fraction of sp³-hybridized carbons (Fsp3) is 0.0588. The first-order valence-electron chi connectivity index (χ1n) is 6.67. The predicted molar refractivity (Wildman–Crippen MR) is 83.5 cm³/mol. The smallest absolute Gasteiger partial charge is 0.291 e. The summed E-state index contributed by atoms with van der Waals surface area (Å²) in [6.45, 7) is 0. The van der Waals surface area contributed by atoms with Gasteiger partial charge in [0.1, 0.15) is 5.70 Å². The van der Waals surface area contributed by atoms with Crippen molar-refractivity contribution in [3.8, 4) is 0 Å². The highest BCUT2D eigenvalue weighted by Gasteiger charge is 2.14. The monoisotopic (exact) mass is 296 g/mol. The number of nitrogens with one attached hydrogen (secondary N) is 2. The predicted octanol–water partition coefficient (Wildman–Crippen LogP) is 2.14. The van der Waals surface area contributed by atoms with Crippen LogP contribution in [0.2, 0.25) is 0 Å². The molecule has 2 aromatic carbocycles. The number of carbonyl (C=O) groups excluding carboxylic acids is 2. The lowest BCUT2D eigenvalue weighted by atomic mass is 10.1. The summed E-state index contributed by atoms with van der Waals surface area (Å²) in [5.41, 5.74) is 3.55. The van der Waals surface area contributed by atoms with Crippen molar-refractivity contribution in [3.05, 3.63) is 77.5 Å². The van der Waals surface area contributed by atoms with Crippen molar-refractivity contribution in [2.75, 3.05) is 7.11 Å². The number of hydroxylamine groups is 1. The maximum absolute atomic E-state index is 12.2. The number of hydrogen-bond donors (Lipinski definition) is 2. The van der Waals surface area contributed by atoms with Gasteiger partial charge in [-0.05, 0) is 23.8 Å². The second-order valence-corrected chi connectivity index (χ2v) is 4.42. The number of amides is 2. The highest BCUT2D eigenvalue weighted by atomic mass is 16.6. The molecule has 2 aromatic rings. The topological polar surface area (TPSA) is 67.4 Å². The van der Waals surface area contributed by atoms with Gasteiger partial charge in [0.15, 0.2) is 0 Å². The maximum Gasteiger partial charge on any atom is 0.291 e. The van der Waals surface area contributed by atoms with Gasteiger partial charge in [-0.3, -0.25) is 14.4 Å². The van der Waals surface area contributed by atoms with Crippen LogP contribution in [0.1, 0.15) is 15.9 Å². The van der Waals surface area contributed by atoms with E-state index in [1.165, 1.54) is 7.11 Å². The summed E-state index contributed by atoms with van der Waals surface area (Å²) in [4.78, 5) is 28.8. The molecule has 0 fully saturated rings. The van der Waals surface area contributed by atoms with Crippen molar-refractivity contribution in [2.24, 2.45) is 0 Å². The Bertz CT molecular complexity index is 667. The van der Waals surface area contributed by atoms with E-state index in [2.05, 4.69) is 15.6 Å². The zero-order valence-corrected chi connectivity index (χ0v) is 12.1. The summed E-state index contributed by atoms with van der Waals surface area (Å²) in [6, 6.07) is 17.9. The van der Waals surface area contributed by atoms with E-state index in [4.69, 9.17) is 0 Å². The minimum atomic E-state index is -0.532. The van der Waals surface area contributed by atoms with E-state index in [0.717, 1.165) is 5.56 Å². The van der Waals surface area contributed by atoms with E-state index in [9.17, 15) is 9.59 Å². The number of rotatable bonds is 5. The summed E-state index contributed by atoms with van der Waals surface area (Å²) >= 11 is 0. The van der Waals surface area contributed by atoms with E-state index in [-0.39, 0.29) is 11.6 Å². The molecule has 0 saturated carbocycles. The van der Waals surface area contributed by atoms with Crippen LogP contribution in [0.25, 0.3) is 6.08 Å². The Morgan fingerprint density at radius 2 is 1.55 bits per heavy atom. The van der Waals surface area contributed by atoms with Crippen LogP contribution in [0, 0.1) is 0 Å². The van der Waals surface area contributed by atoms with Gasteiger partial charge in [-0.1, -0.05) is 48.5 Å². The molecule has 22 heavy (non-hydrogen) atoms. The maximum atomic E-state index is 12.2. The highest BCUT2D eigenvalue weighted by Crippen LogP contribution is 2.07. The van der Waals surface area contributed by atoms with Crippen molar-refractivity contribution in [1.29, 1.82) is 0 Å². The lowest BCUT2D eigenvalue weighted by Crippen LogP contribution is -2.34. The van der Waals surface area contributed by atoms with Crippen LogP contribution in [-0.4, -0.2) is 18.9 Å². The largest absolute Gasteiger partial charge is 0.317 e. The van der Waals surface area contributed by atoms with Gasteiger partial charge in [0, 0.05) is 5.56 Å². The summed E-state index contributed by atoms with van der Waals surface area (Å²) in [5.74, 6) is -0.898. The van der Waals surface area contributed by atoms with Crippen LogP contribution in [0.3, 0.4) is 0 Å². The lowest BCUT2D eigenvalue weighted by Gasteiger charge is -2.09. The fourth-order valence-corrected chi connectivity index (χ4v) is 1.81. The van der Waals surface area contributed by atoms with Crippen molar-refractivity contribution < 1.29 is 14.4 Å². The van der Waals surface area contributed by atoms with Gasteiger partial charge < -0.3 is 5.32 Å². The molecule has 2 amide bonds. The molecule has 0 heterocycles. The van der Waals surface area contributed by atoms with Gasteiger partial charge in [0.2, 0.25) is 0 Å². The molecule has 112 valence electrons. The second kappa shape index (κ2) is 7.75. The molecule has 0 unspecified atom stereocenters. The van der Waals surface area contributed by atoms with Crippen LogP contribution in [0.15, 0.2) is 66.4 Å². The van der Waals surface area contributed by atoms with E-state index in [1.807, 2.05) is 36.4 Å². The Morgan fingerprint density at radius 3 is 2.14 bits per heavy atom. The minimum absolute atomic E-state index is 0.0990. The number of hydrogen-bond acceptors (Lipinski definition) is 3. The standard InChI is InChI=1S/C17H16N2O3/c1-22-19-17(21)15(12-13-8-4-2-5-9-13)18-16(20)14-10-6-3-7-11-14/h2-12H,1H3,(H,18,20)(H,19,21)/b15-12-. The van der Waals surface area contributed by atoms with E-state index in [0.29, 0.717) is 5.56 Å². The van der Waals surface area contributed by atoms with Crippen LogP contribution in [-0.2, 0) is 9.63 Å². The molecular weight excluding hydrogens is 280 g/mol. The summed E-state index contributed by atoms with van der Waals surface area (Å²) < 4.78 is 0. The van der Waals surface area contributed by atoms with Crippen LogP contribution in [0.5, 0.6) is 0 Å². The average molecular weight is 296 g/mol. The first-order chi connectivity index (χ1) is 10.7. The van der Waals surface area contributed by atoms with Crippen molar-refractivity contribution in [2.45, 2.75) is 0 Å². The van der Waals surface area contributed by atoms with Gasteiger partial charge >= 0.3 is 0 Å². The van der Waals surface area contributed by atoms with Crippen molar-refractivity contribution in [1.82, 2.24) is 10.8 Å². The molecule has 5 nitrogen and oxygen atoms in total. The third-order valence-corrected chi connectivity index (χ3v) is 2.83. The van der Waals surface area contributed by atoms with Crippen LogP contribution in [0.4, 0.5) is 0 Å². The normalized spacial score (nSPS) is 10.9. The molecule has 2 N–H and O–H groups in total. The van der Waals surface area contributed by atoms with Gasteiger partial charge in [0.05, 0.1) is 7.11 Å². The molecule has 2 rings (SSSR count). The lowest BCUT2D eigenvalue weighted by molar-refractivity contribution is -0.127. The number of benzene rings is 2. The Labute approximate surface area is 128 Å². The zero-order chi connectivity index (χ0) is 15.8. The van der Waals surface area contributed by atoms with Gasteiger partial charge in [0.25, 0.3) is 11.8 Å². The summed E-state index contributed by atoms with van der Waals surface area (Å²) in [7, 11) is 1.33. The van der Waals surface area contributed by atoms with E-state index >= 15 is 0 Å². The third-order valence-electron chi connectivity index (χ3n) is 2.83. The Hall–Kier alpha value is -2.92. The molecule has 0 aliphatic carbocycles. The quantitative estimate of drug-likeness (QED) is 0.656. The van der Waals surface area contributed by atoms with Crippen LogP contribution >= 0.6 is 0 Å². The average Bonchev–Trinajstić information content (AvgIpc) is 2.56. The molecule has 0 bridgehead atoms. The second-order valence-electron chi connectivity index (χ2n) is 4.42. The molecule has 5 heteroatoms. The van der Waals surface area contributed by atoms with Crippen LogP contribution < -0.4 is 10.8 Å². The van der Waals surface area contributed by atoms with Gasteiger partial charge in [-0.2, -0.15) is 0 Å². The molecule has 0 aliphatic rings. The third kappa shape index (κ3) is 4.29. The fourth-order valence-electron chi connectivity index (χ4n) is 1.81. The first kappa shape index (κ1) is 15.5. The SMILES string of the molecule is CONC(=O)/C(=C/c1ccccc1)NC(=O)c1ccccc1. The molecule has 0 radical (unpaired) electrons. The summed E-state index contributed by atoms with van der Waals surface area (Å²) in [6.07, 6.45) is 1.58. The highest BCUT2D eigenvalue weighted by molar-refractivity contribution is 6.04. The van der Waals surface area contributed by atoms with Crippen molar-refractivity contribution >= 4 is 17.9 Å². The molecular formula is C17H16N2O3. The Balaban J connectivity index is 2.24. The van der Waals surface area contributed by atoms with E-state index in [1.54, 1.807) is 30.3 Å². The molecule has 0 saturated heterocycles. The molecule has 0 spiro atoms. The molecule has 0 atom stereocenters. The number of carbonyl (C=O) groups is 2. The first-order valence-corrected chi connectivity index (χ1v) is 6.67. The van der Waals surface area contributed by atoms with Crippen molar-refractivity contribution in [3.63, 3.8) is 0 Å². The Kier molecular flexibility index (Phi) is 5.45.